The van der Waals surface area contributed by atoms with Crippen LogP contribution in [0.4, 0.5) is 0 Å². The monoisotopic (exact) mass is 288 g/mol. The van der Waals surface area contributed by atoms with Crippen LogP contribution in [0, 0.1) is 6.92 Å². The van der Waals surface area contributed by atoms with Crippen LogP contribution in [-0.2, 0) is 10.0 Å². The molecule has 1 heterocycles. The second-order valence-electron chi connectivity index (χ2n) is 4.74. The van der Waals surface area contributed by atoms with E-state index in [-0.39, 0.29) is 22.0 Å². The van der Waals surface area contributed by atoms with E-state index in [4.69, 9.17) is 17.3 Å². The molecule has 2 unspecified atom stereocenters. The van der Waals surface area contributed by atoms with Crippen molar-refractivity contribution < 1.29 is 8.42 Å². The number of aryl methyl sites for hydroxylation is 1. The van der Waals surface area contributed by atoms with Gasteiger partial charge in [0, 0.05) is 18.6 Å². The van der Waals surface area contributed by atoms with Crippen LogP contribution in [0.1, 0.15) is 18.9 Å². The quantitative estimate of drug-likeness (QED) is 0.902. The van der Waals surface area contributed by atoms with Gasteiger partial charge in [0.1, 0.15) is 4.90 Å². The summed E-state index contributed by atoms with van der Waals surface area (Å²) in [4.78, 5) is 0.163. The molecule has 0 amide bonds. The van der Waals surface area contributed by atoms with Crippen molar-refractivity contribution >= 4 is 21.6 Å². The number of sulfonamides is 1. The minimum absolute atomic E-state index is 0.107. The van der Waals surface area contributed by atoms with E-state index in [1.807, 2.05) is 13.8 Å². The molecule has 6 heteroatoms. The van der Waals surface area contributed by atoms with Gasteiger partial charge in [0.15, 0.2) is 0 Å². The molecular weight excluding hydrogens is 272 g/mol. The molecule has 1 aliphatic heterocycles. The standard InChI is InChI=1S/C12H17ClN2O2S/c1-8-3-4-12(10(13)7-8)18(16,17)15-6-5-11(14)9(15)2/h3-4,7,9,11H,5-6,14H2,1-2H3. The molecule has 1 fully saturated rings. The van der Waals surface area contributed by atoms with Gasteiger partial charge in [-0.15, -0.1) is 0 Å². The maximum atomic E-state index is 12.5. The maximum Gasteiger partial charge on any atom is 0.244 e. The molecule has 2 atom stereocenters. The van der Waals surface area contributed by atoms with Crippen molar-refractivity contribution in [3.05, 3.63) is 28.8 Å². The zero-order valence-corrected chi connectivity index (χ0v) is 12.0. The van der Waals surface area contributed by atoms with Crippen molar-refractivity contribution in [2.75, 3.05) is 6.54 Å². The smallest absolute Gasteiger partial charge is 0.244 e. The zero-order chi connectivity index (χ0) is 13.5. The topological polar surface area (TPSA) is 63.4 Å². The highest BCUT2D eigenvalue weighted by Crippen LogP contribution is 2.30. The van der Waals surface area contributed by atoms with Crippen molar-refractivity contribution in [3.8, 4) is 0 Å². The third kappa shape index (κ3) is 2.28. The lowest BCUT2D eigenvalue weighted by molar-refractivity contribution is 0.393. The van der Waals surface area contributed by atoms with Gasteiger partial charge < -0.3 is 5.73 Å². The second-order valence-corrected chi connectivity index (χ2v) is 7.01. The van der Waals surface area contributed by atoms with Gasteiger partial charge in [0.2, 0.25) is 10.0 Å². The van der Waals surface area contributed by atoms with Crippen LogP contribution in [0.5, 0.6) is 0 Å². The van der Waals surface area contributed by atoms with Crippen LogP contribution in [0.3, 0.4) is 0 Å². The molecule has 18 heavy (non-hydrogen) atoms. The fourth-order valence-electron chi connectivity index (χ4n) is 2.22. The number of benzene rings is 1. The average molecular weight is 289 g/mol. The molecule has 0 bridgehead atoms. The molecule has 0 saturated carbocycles. The van der Waals surface area contributed by atoms with Crippen molar-refractivity contribution in [1.82, 2.24) is 4.31 Å². The average Bonchev–Trinajstić information content (AvgIpc) is 2.59. The summed E-state index contributed by atoms with van der Waals surface area (Å²) in [7, 11) is -3.55. The molecule has 0 aromatic heterocycles. The Kier molecular flexibility index (Phi) is 3.69. The van der Waals surface area contributed by atoms with Crippen molar-refractivity contribution in [2.24, 2.45) is 5.73 Å². The summed E-state index contributed by atoms with van der Waals surface area (Å²) in [5, 5.41) is 0.266. The van der Waals surface area contributed by atoms with Crippen LogP contribution < -0.4 is 5.73 Å². The van der Waals surface area contributed by atoms with Crippen LogP contribution in [0.25, 0.3) is 0 Å². The molecule has 2 rings (SSSR count). The van der Waals surface area contributed by atoms with Gasteiger partial charge in [-0.05, 0) is 38.0 Å². The molecule has 1 aromatic carbocycles. The minimum Gasteiger partial charge on any atom is -0.326 e. The predicted molar refractivity (Wildman–Crippen MR) is 72.1 cm³/mol. The Balaban J connectivity index is 2.43. The largest absolute Gasteiger partial charge is 0.326 e. The predicted octanol–water partition coefficient (Wildman–Crippen LogP) is 1.76. The van der Waals surface area contributed by atoms with Crippen LogP contribution >= 0.6 is 11.6 Å². The Hall–Kier alpha value is -0.620. The lowest BCUT2D eigenvalue weighted by atomic mass is 10.2. The molecule has 1 aromatic rings. The molecule has 2 N–H and O–H groups in total. The molecule has 0 spiro atoms. The van der Waals surface area contributed by atoms with Gasteiger partial charge in [-0.3, -0.25) is 0 Å². The molecular formula is C12H17ClN2O2S. The first-order valence-electron chi connectivity index (χ1n) is 5.87. The first-order valence-corrected chi connectivity index (χ1v) is 7.69. The highest BCUT2D eigenvalue weighted by Gasteiger charge is 2.37. The fourth-order valence-corrected chi connectivity index (χ4v) is 4.48. The Labute approximate surface area is 113 Å². The van der Waals surface area contributed by atoms with Crippen LogP contribution in [0.2, 0.25) is 5.02 Å². The van der Waals surface area contributed by atoms with E-state index in [1.54, 1.807) is 18.2 Å². The molecule has 1 aliphatic rings. The highest BCUT2D eigenvalue weighted by molar-refractivity contribution is 7.89. The molecule has 4 nitrogen and oxygen atoms in total. The third-order valence-corrected chi connectivity index (χ3v) is 5.90. The normalized spacial score (nSPS) is 25.6. The van der Waals surface area contributed by atoms with E-state index in [0.29, 0.717) is 13.0 Å². The van der Waals surface area contributed by atoms with E-state index in [0.717, 1.165) is 5.56 Å². The first kappa shape index (κ1) is 13.8. The summed E-state index contributed by atoms with van der Waals surface area (Å²) < 4.78 is 26.5. The summed E-state index contributed by atoms with van der Waals surface area (Å²) in [6, 6.07) is 4.68. The Bertz CT molecular complexity index is 559. The SMILES string of the molecule is Cc1ccc(S(=O)(=O)N2CCC(N)C2C)c(Cl)c1. The molecule has 1 saturated heterocycles. The summed E-state index contributed by atoms with van der Waals surface area (Å²) in [5.41, 5.74) is 6.80. The number of rotatable bonds is 2. The van der Waals surface area contributed by atoms with E-state index >= 15 is 0 Å². The van der Waals surface area contributed by atoms with Crippen LogP contribution in [0.15, 0.2) is 23.1 Å². The van der Waals surface area contributed by atoms with Gasteiger partial charge in [0.25, 0.3) is 0 Å². The second kappa shape index (κ2) is 4.81. The minimum atomic E-state index is -3.55. The highest BCUT2D eigenvalue weighted by atomic mass is 35.5. The van der Waals surface area contributed by atoms with Crippen molar-refractivity contribution in [1.29, 1.82) is 0 Å². The summed E-state index contributed by atoms with van der Waals surface area (Å²) >= 11 is 6.04. The Morgan fingerprint density at radius 2 is 2.11 bits per heavy atom. The van der Waals surface area contributed by atoms with E-state index in [9.17, 15) is 8.42 Å². The van der Waals surface area contributed by atoms with Gasteiger partial charge in [0.05, 0.1) is 5.02 Å². The van der Waals surface area contributed by atoms with Gasteiger partial charge >= 0.3 is 0 Å². The number of nitrogens with zero attached hydrogens (tertiary/aromatic N) is 1. The summed E-state index contributed by atoms with van der Waals surface area (Å²) in [6.07, 6.45) is 0.684. The lowest BCUT2D eigenvalue weighted by Crippen LogP contribution is -2.40. The Morgan fingerprint density at radius 3 is 2.61 bits per heavy atom. The van der Waals surface area contributed by atoms with Crippen LogP contribution in [-0.4, -0.2) is 31.4 Å². The summed E-state index contributed by atoms with van der Waals surface area (Å²) in [5.74, 6) is 0. The maximum absolute atomic E-state index is 12.5. The number of hydrogen-bond donors (Lipinski definition) is 1. The third-order valence-electron chi connectivity index (χ3n) is 3.43. The number of hydrogen-bond acceptors (Lipinski definition) is 3. The fraction of sp³-hybridized carbons (Fsp3) is 0.500. The molecule has 0 radical (unpaired) electrons. The first-order chi connectivity index (χ1) is 8.34. The van der Waals surface area contributed by atoms with Gasteiger partial charge in [-0.1, -0.05) is 17.7 Å². The number of halogens is 1. The summed E-state index contributed by atoms with van der Waals surface area (Å²) in [6.45, 7) is 4.16. The molecule has 100 valence electrons. The zero-order valence-electron chi connectivity index (χ0n) is 10.4. The van der Waals surface area contributed by atoms with Gasteiger partial charge in [-0.25, -0.2) is 8.42 Å². The van der Waals surface area contributed by atoms with Crippen molar-refractivity contribution in [3.63, 3.8) is 0 Å². The lowest BCUT2D eigenvalue weighted by Gasteiger charge is -2.23. The Morgan fingerprint density at radius 1 is 1.44 bits per heavy atom. The molecule has 0 aliphatic carbocycles. The van der Waals surface area contributed by atoms with E-state index in [2.05, 4.69) is 0 Å². The van der Waals surface area contributed by atoms with E-state index in [1.165, 1.54) is 4.31 Å². The van der Waals surface area contributed by atoms with Gasteiger partial charge in [-0.2, -0.15) is 4.31 Å². The number of nitrogens with two attached hydrogens (primary N) is 1. The van der Waals surface area contributed by atoms with Crippen molar-refractivity contribution in [2.45, 2.75) is 37.2 Å². The van der Waals surface area contributed by atoms with E-state index < -0.39 is 10.0 Å².